The minimum Gasteiger partial charge on any atom is -0.394 e. The fourth-order valence-corrected chi connectivity index (χ4v) is 5.61. The van der Waals surface area contributed by atoms with Gasteiger partial charge in [-0.25, -0.2) is 9.97 Å². The lowest BCUT2D eigenvalue weighted by Gasteiger charge is -2.44. The van der Waals surface area contributed by atoms with E-state index in [0.717, 1.165) is 78.9 Å². The van der Waals surface area contributed by atoms with Crippen molar-refractivity contribution < 1.29 is 14.9 Å². The molecule has 0 unspecified atom stereocenters. The van der Waals surface area contributed by atoms with Gasteiger partial charge in [0.2, 0.25) is 5.95 Å². The molecule has 5 heterocycles. The number of ether oxygens (including phenoxy) is 1. The van der Waals surface area contributed by atoms with E-state index in [-0.39, 0.29) is 13.2 Å². The number of aliphatic hydroxyl groups is 2. The first kappa shape index (κ1) is 26.1. The number of aromatic nitrogens is 6. The Morgan fingerprint density at radius 2 is 1.64 bits per heavy atom. The third kappa shape index (κ3) is 4.66. The predicted octanol–water partition coefficient (Wildman–Crippen LogP) is 0.708. The van der Waals surface area contributed by atoms with Crippen LogP contribution in [0.4, 0.5) is 5.82 Å². The molecule has 2 N–H and O–H groups in total. The fourth-order valence-electron chi connectivity index (χ4n) is 5.61. The number of aryl methyl sites for hydroxylation is 2. The standard InChI is InChI=1S/C27H37N9O3/c1-19-28-20-6-4-5-7-21(20)36(19)26-30-24-23(25(31-26)34-12-14-39-15-13-34)29-22(32(24)3)16-33-8-10-35(11-9-33)27(2,17-37)18-38/h4-7,37-38H,8-18H2,1-3H3. The van der Waals surface area contributed by atoms with Gasteiger partial charge in [0.1, 0.15) is 11.6 Å². The second-order valence-electron chi connectivity index (χ2n) is 10.8. The number of aliphatic hydroxyl groups excluding tert-OH is 2. The van der Waals surface area contributed by atoms with E-state index < -0.39 is 5.54 Å². The highest BCUT2D eigenvalue weighted by atomic mass is 16.5. The summed E-state index contributed by atoms with van der Waals surface area (Å²) in [7, 11) is 2.02. The number of anilines is 1. The van der Waals surface area contributed by atoms with E-state index in [2.05, 4.69) is 19.3 Å². The molecule has 12 heteroatoms. The van der Waals surface area contributed by atoms with Gasteiger partial charge in [-0.2, -0.15) is 9.97 Å². The van der Waals surface area contributed by atoms with E-state index in [1.165, 1.54) is 0 Å². The van der Waals surface area contributed by atoms with E-state index in [0.29, 0.717) is 25.7 Å². The zero-order valence-electron chi connectivity index (χ0n) is 22.9. The van der Waals surface area contributed by atoms with Gasteiger partial charge in [-0.3, -0.25) is 14.4 Å². The summed E-state index contributed by atoms with van der Waals surface area (Å²) in [6.45, 7) is 10.4. The van der Waals surface area contributed by atoms with Crippen LogP contribution in [0.2, 0.25) is 0 Å². The molecule has 39 heavy (non-hydrogen) atoms. The molecule has 2 aliphatic heterocycles. The molecule has 2 fully saturated rings. The summed E-state index contributed by atoms with van der Waals surface area (Å²) in [6.07, 6.45) is 0. The number of morpholine rings is 1. The topological polar surface area (TPSA) is 121 Å². The van der Waals surface area contributed by atoms with Crippen molar-refractivity contribution >= 4 is 28.0 Å². The predicted molar refractivity (Wildman–Crippen MR) is 148 cm³/mol. The average molecular weight is 536 g/mol. The van der Waals surface area contributed by atoms with Gasteiger partial charge in [0, 0.05) is 46.3 Å². The first-order valence-electron chi connectivity index (χ1n) is 13.6. The fraction of sp³-hybridized carbons (Fsp3) is 0.556. The Bertz CT molecular complexity index is 1460. The smallest absolute Gasteiger partial charge is 0.239 e. The maximum atomic E-state index is 9.80. The average Bonchev–Trinajstić information content (AvgIpc) is 3.48. The Kier molecular flexibility index (Phi) is 6.98. The second-order valence-corrected chi connectivity index (χ2v) is 10.8. The van der Waals surface area contributed by atoms with Crippen LogP contribution in [0.15, 0.2) is 24.3 Å². The van der Waals surface area contributed by atoms with Crippen LogP contribution < -0.4 is 4.90 Å². The first-order valence-corrected chi connectivity index (χ1v) is 13.6. The third-order valence-corrected chi connectivity index (χ3v) is 8.20. The summed E-state index contributed by atoms with van der Waals surface area (Å²) in [5, 5.41) is 19.6. The van der Waals surface area contributed by atoms with Crippen molar-refractivity contribution in [2.24, 2.45) is 7.05 Å². The van der Waals surface area contributed by atoms with Gasteiger partial charge in [-0.1, -0.05) is 12.1 Å². The number of benzene rings is 1. The van der Waals surface area contributed by atoms with E-state index >= 15 is 0 Å². The summed E-state index contributed by atoms with van der Waals surface area (Å²) >= 11 is 0. The molecule has 0 radical (unpaired) electrons. The van der Waals surface area contributed by atoms with E-state index in [1.807, 2.05) is 49.7 Å². The highest BCUT2D eigenvalue weighted by molar-refractivity contribution is 5.86. The van der Waals surface area contributed by atoms with Crippen molar-refractivity contribution in [2.45, 2.75) is 25.9 Å². The SMILES string of the molecule is Cc1nc2ccccc2n1-c1nc(N2CCOCC2)c2nc(CN3CCN(C(C)(CO)CO)CC3)n(C)c2n1. The molecule has 2 aliphatic rings. The van der Waals surface area contributed by atoms with Crippen LogP contribution in [-0.4, -0.2) is 120 Å². The molecule has 0 aliphatic carbocycles. The van der Waals surface area contributed by atoms with Crippen LogP contribution in [0.25, 0.3) is 28.1 Å². The summed E-state index contributed by atoms with van der Waals surface area (Å²) in [6, 6.07) is 8.05. The Balaban J connectivity index is 1.36. The molecule has 0 atom stereocenters. The number of fused-ring (bicyclic) bond motifs is 2. The van der Waals surface area contributed by atoms with Gasteiger partial charge in [0.25, 0.3) is 0 Å². The maximum absolute atomic E-state index is 9.80. The lowest BCUT2D eigenvalue weighted by molar-refractivity contribution is -0.0279. The summed E-state index contributed by atoms with van der Waals surface area (Å²) in [4.78, 5) is 26.7. The van der Waals surface area contributed by atoms with E-state index in [1.54, 1.807) is 0 Å². The Morgan fingerprint density at radius 3 is 2.36 bits per heavy atom. The molecule has 0 bridgehead atoms. The zero-order valence-corrected chi connectivity index (χ0v) is 22.9. The summed E-state index contributed by atoms with van der Waals surface area (Å²) < 4.78 is 9.72. The molecule has 12 nitrogen and oxygen atoms in total. The number of para-hydroxylation sites is 2. The van der Waals surface area contributed by atoms with Gasteiger partial charge in [0.15, 0.2) is 17.0 Å². The lowest BCUT2D eigenvalue weighted by atomic mass is 10.0. The molecular formula is C27H37N9O3. The van der Waals surface area contributed by atoms with Crippen LogP contribution in [0, 0.1) is 6.92 Å². The molecule has 208 valence electrons. The normalized spacial score (nSPS) is 18.0. The first-order chi connectivity index (χ1) is 18.9. The Morgan fingerprint density at radius 1 is 0.923 bits per heavy atom. The summed E-state index contributed by atoms with van der Waals surface area (Å²) in [5.74, 6) is 3.18. The maximum Gasteiger partial charge on any atom is 0.239 e. The number of hydrogen-bond acceptors (Lipinski definition) is 10. The lowest BCUT2D eigenvalue weighted by Crippen LogP contribution is -2.59. The van der Waals surface area contributed by atoms with Crippen molar-refractivity contribution in [2.75, 3.05) is 70.6 Å². The van der Waals surface area contributed by atoms with Crippen LogP contribution in [0.1, 0.15) is 18.6 Å². The van der Waals surface area contributed by atoms with Crippen molar-refractivity contribution in [1.29, 1.82) is 0 Å². The molecule has 0 saturated carbocycles. The number of hydrogen-bond donors (Lipinski definition) is 2. The molecule has 1 aromatic carbocycles. The number of rotatable bonds is 7. The molecule has 0 amide bonds. The van der Waals surface area contributed by atoms with Crippen molar-refractivity contribution in [3.8, 4) is 5.95 Å². The highest BCUT2D eigenvalue weighted by Crippen LogP contribution is 2.29. The van der Waals surface area contributed by atoms with Gasteiger partial charge in [-0.05, 0) is 26.0 Å². The minimum absolute atomic E-state index is 0.0642. The Labute approximate surface area is 227 Å². The largest absolute Gasteiger partial charge is 0.394 e. The van der Waals surface area contributed by atoms with E-state index in [4.69, 9.17) is 24.7 Å². The third-order valence-electron chi connectivity index (χ3n) is 8.20. The van der Waals surface area contributed by atoms with Crippen molar-refractivity contribution in [1.82, 2.24) is 38.9 Å². The minimum atomic E-state index is -0.599. The van der Waals surface area contributed by atoms with Gasteiger partial charge in [-0.15, -0.1) is 0 Å². The van der Waals surface area contributed by atoms with Crippen LogP contribution in [-0.2, 0) is 18.3 Å². The van der Waals surface area contributed by atoms with Crippen LogP contribution >= 0.6 is 0 Å². The van der Waals surface area contributed by atoms with E-state index in [9.17, 15) is 10.2 Å². The molecular weight excluding hydrogens is 498 g/mol. The molecule has 6 rings (SSSR count). The van der Waals surface area contributed by atoms with Crippen molar-refractivity contribution in [3.05, 3.63) is 35.9 Å². The number of piperazine rings is 1. The Hall–Kier alpha value is -3.16. The zero-order chi connectivity index (χ0) is 27.1. The molecule has 0 spiro atoms. The molecule has 4 aromatic rings. The van der Waals surface area contributed by atoms with Crippen LogP contribution in [0.5, 0.6) is 0 Å². The number of imidazole rings is 2. The van der Waals surface area contributed by atoms with Gasteiger partial charge >= 0.3 is 0 Å². The van der Waals surface area contributed by atoms with Crippen molar-refractivity contribution in [3.63, 3.8) is 0 Å². The highest BCUT2D eigenvalue weighted by Gasteiger charge is 2.33. The quantitative estimate of drug-likeness (QED) is 0.350. The second kappa shape index (κ2) is 10.4. The van der Waals surface area contributed by atoms with Gasteiger partial charge in [0.05, 0.1) is 49.5 Å². The molecule has 3 aromatic heterocycles. The molecule has 2 saturated heterocycles. The monoisotopic (exact) mass is 535 g/mol. The van der Waals surface area contributed by atoms with Gasteiger partial charge < -0.3 is 24.4 Å². The van der Waals surface area contributed by atoms with Crippen LogP contribution in [0.3, 0.4) is 0 Å². The number of nitrogens with zero attached hydrogens (tertiary/aromatic N) is 9. The summed E-state index contributed by atoms with van der Waals surface area (Å²) in [5.41, 5.74) is 2.88.